The van der Waals surface area contributed by atoms with Gasteiger partial charge in [-0.25, -0.2) is 9.59 Å². The number of rotatable bonds is 21. The molecule has 19 nitrogen and oxygen atoms in total. The number of fused-ring (bicyclic) bond motifs is 5. The molecule has 4 aliphatic heterocycles. The molecule has 9 atom stereocenters. The van der Waals surface area contributed by atoms with Crippen LogP contribution in [0.3, 0.4) is 0 Å². The number of aryl methyl sites for hydroxylation is 2. The molecule has 0 saturated carbocycles. The summed E-state index contributed by atoms with van der Waals surface area (Å²) < 4.78 is 24.1. The fraction of sp³-hybridized carbons (Fsp3) is 0.550. The lowest BCUT2D eigenvalue weighted by Gasteiger charge is -2.41. The number of epoxide rings is 1. The van der Waals surface area contributed by atoms with Gasteiger partial charge < -0.3 is 45.3 Å². The number of Topliss-reactive ketones (excluding diaryl/α,β-unsaturated/α-hetero) is 1. The molecule has 0 unspecified atom stereocenters. The van der Waals surface area contributed by atoms with Crippen LogP contribution < -0.4 is 26.6 Å². The van der Waals surface area contributed by atoms with E-state index in [2.05, 4.69) is 16.0 Å². The second-order valence-corrected chi connectivity index (χ2v) is 23.6. The van der Waals surface area contributed by atoms with Crippen molar-refractivity contribution < 1.29 is 62.4 Å². The van der Waals surface area contributed by atoms with Gasteiger partial charge in [-0.1, -0.05) is 93.0 Å². The molecule has 2 aromatic rings. The number of amides is 7. The van der Waals surface area contributed by atoms with Gasteiger partial charge in [0.05, 0.1) is 35.7 Å². The van der Waals surface area contributed by atoms with Crippen molar-refractivity contribution in [3.05, 3.63) is 93.6 Å². The number of nitrogens with zero attached hydrogens (tertiary/aromatic N) is 2. The molecule has 6 N–H and O–H groups in total. The number of allylic oxidation sites excluding steroid dienone is 3. The van der Waals surface area contributed by atoms with E-state index in [1.54, 1.807) is 51.2 Å². The van der Waals surface area contributed by atoms with Crippen LogP contribution in [0, 0.1) is 31.6 Å². The molecule has 440 valence electrons. The third-order valence-corrected chi connectivity index (χ3v) is 16.7. The lowest BCUT2D eigenvalue weighted by molar-refractivity contribution is -0.187. The zero-order valence-corrected chi connectivity index (χ0v) is 49.5. The van der Waals surface area contributed by atoms with Crippen LogP contribution in [0.2, 0.25) is 5.02 Å². The highest BCUT2D eigenvalue weighted by atomic mass is 35.5. The second-order valence-electron chi connectivity index (χ2n) is 22.6. The van der Waals surface area contributed by atoms with Crippen molar-refractivity contribution >= 4 is 87.6 Å². The van der Waals surface area contributed by atoms with E-state index in [4.69, 9.17) is 48.5 Å². The van der Waals surface area contributed by atoms with E-state index < -0.39 is 77.5 Å². The van der Waals surface area contributed by atoms with Gasteiger partial charge in [0.1, 0.15) is 29.5 Å². The van der Waals surface area contributed by atoms with E-state index in [9.17, 15) is 43.5 Å². The first-order valence-electron chi connectivity index (χ1n) is 27.7. The highest BCUT2D eigenvalue weighted by Gasteiger charge is 2.64. The van der Waals surface area contributed by atoms with Crippen molar-refractivity contribution in [1.82, 2.24) is 15.5 Å². The Kier molecular flexibility index (Phi) is 22.2. The van der Waals surface area contributed by atoms with Crippen molar-refractivity contribution in [3.8, 4) is 0 Å². The number of anilines is 2. The minimum Gasteiger partial charge on any atom is -0.462 e. The number of carbonyl (C=O) groups excluding carboxylic acids is 8. The van der Waals surface area contributed by atoms with Gasteiger partial charge in [-0.3, -0.25) is 39.0 Å². The zero-order valence-electron chi connectivity index (χ0n) is 47.9. The number of hydrogen-bond acceptors (Lipinski definition) is 14. The minimum atomic E-state index is -1.62. The SMILES string of the molecule is CO[C@@H]1/C=C/C=C(\C)Cc2cc(C)c(Cl)c(c2)N(C)C(=O)C[C@H](OC(=O)Nc2ccc(CC(=O)[C@H](CCCNC(N)=O)NC(=O)[C@@H](CC(=S)CCCCCN3C(=O)C=CC3=O)C(C)C)cc2C)[C@]2(C)O[C@H]2[C@H](C)[C@@H]2C[C@@]1(O)CC(=O)O2. The fourth-order valence-electron chi connectivity index (χ4n) is 11.0. The molecule has 6 rings (SSSR count). The summed E-state index contributed by atoms with van der Waals surface area (Å²) in [5.41, 5.74) is 7.01. The van der Waals surface area contributed by atoms with Crippen LogP contribution in [0.4, 0.5) is 21.0 Å². The number of esters is 1. The van der Waals surface area contributed by atoms with Gasteiger partial charge in [0.2, 0.25) is 11.8 Å². The van der Waals surface area contributed by atoms with E-state index in [1.165, 1.54) is 29.1 Å². The van der Waals surface area contributed by atoms with Crippen molar-refractivity contribution in [3.63, 3.8) is 0 Å². The number of urea groups is 1. The van der Waals surface area contributed by atoms with Gasteiger partial charge in [0, 0.05) is 69.8 Å². The molecule has 4 aliphatic rings. The van der Waals surface area contributed by atoms with Crippen molar-refractivity contribution in [2.75, 3.05) is 37.5 Å². The number of nitrogens with two attached hydrogens (primary N) is 1. The zero-order chi connectivity index (χ0) is 59.5. The summed E-state index contributed by atoms with van der Waals surface area (Å²) in [6, 6.07) is 7.20. The first-order chi connectivity index (χ1) is 38.2. The molecule has 0 radical (unpaired) electrons. The third-order valence-electron chi connectivity index (χ3n) is 15.9. The molecule has 4 heterocycles. The molecule has 0 aromatic heterocycles. The van der Waals surface area contributed by atoms with E-state index in [1.807, 2.05) is 52.8 Å². The Hall–Kier alpha value is -6.32. The summed E-state index contributed by atoms with van der Waals surface area (Å²) in [6.45, 7) is 13.4. The van der Waals surface area contributed by atoms with Crippen molar-refractivity contribution in [1.29, 1.82) is 0 Å². The molecule has 7 amide bonds. The fourth-order valence-corrected chi connectivity index (χ4v) is 11.5. The number of nitrogens with one attached hydrogen (secondary N) is 3. The highest BCUT2D eigenvalue weighted by molar-refractivity contribution is 7.80. The van der Waals surface area contributed by atoms with Crippen molar-refractivity contribution in [2.24, 2.45) is 23.5 Å². The van der Waals surface area contributed by atoms with Gasteiger partial charge in [-0.15, -0.1) is 0 Å². The lowest BCUT2D eigenvalue weighted by atomic mass is 9.78. The van der Waals surface area contributed by atoms with E-state index in [-0.39, 0.29) is 68.1 Å². The van der Waals surface area contributed by atoms with Crippen LogP contribution in [0.5, 0.6) is 0 Å². The van der Waals surface area contributed by atoms with E-state index in [0.717, 1.165) is 29.5 Å². The number of ketones is 1. The largest absolute Gasteiger partial charge is 0.462 e. The number of hydrogen-bond donors (Lipinski definition) is 5. The summed E-state index contributed by atoms with van der Waals surface area (Å²) in [4.78, 5) is 108. The number of ether oxygens (including phenoxy) is 4. The normalized spacial score (nSPS) is 25.7. The molecular weight excluding hydrogens is 1080 g/mol. The molecular formula is C60H79ClN6O13S. The number of benzene rings is 2. The van der Waals surface area contributed by atoms with Crippen molar-refractivity contribution in [2.45, 2.75) is 167 Å². The lowest BCUT2D eigenvalue weighted by Crippen LogP contribution is -2.53. The summed E-state index contributed by atoms with van der Waals surface area (Å²) in [5, 5.41) is 20.7. The number of thiocarbonyl (C=S) groups is 1. The predicted molar refractivity (Wildman–Crippen MR) is 311 cm³/mol. The van der Waals surface area contributed by atoms with Crippen LogP contribution in [0.15, 0.2) is 66.3 Å². The monoisotopic (exact) mass is 1160 g/mol. The summed E-state index contributed by atoms with van der Waals surface area (Å²) in [7, 11) is 3.07. The number of unbranched alkanes of at least 4 members (excludes halogenated alkanes) is 2. The van der Waals surface area contributed by atoms with Crippen LogP contribution in [-0.2, 0) is 60.6 Å². The molecule has 0 spiro atoms. The highest BCUT2D eigenvalue weighted by Crippen LogP contribution is 2.50. The molecule has 2 aromatic carbocycles. The van der Waals surface area contributed by atoms with E-state index in [0.29, 0.717) is 71.0 Å². The third kappa shape index (κ3) is 16.9. The molecule has 4 bridgehead atoms. The standard InChI is InChI=1S/C60H79ClN6O13S/c1-34(2)42(30-41(81)16-11-10-12-24-67-50(69)21-22-51(67)70)56(73)64-44(17-14-23-63-57(62)74)46(68)29-39-19-20-43(36(4)26-39)65-58(75)79-49-31-52(71)66(8)45-28-40(27-37(5)54(45)61)25-35(3)15-13-18-48(77-9)60(76)32-47(78-53(72)33-60)38(6)55-59(49,7)80-55/h13,15,18-22,26-28,34,38,42,44,47-49,55,76H,10-12,14,16-17,23-25,29-33H2,1-9H3,(H,64,73)(H,65,75)(H3,62,63,74)/b18-13+,35-15+/t38-,42+,44+,47+,48-,49+,55+,59+,60-/m1/s1. The maximum absolute atomic E-state index is 14.4. The van der Waals surface area contributed by atoms with E-state index >= 15 is 0 Å². The second kappa shape index (κ2) is 28.1. The number of halogens is 1. The predicted octanol–water partition coefficient (Wildman–Crippen LogP) is 7.79. The van der Waals surface area contributed by atoms with Crippen LogP contribution in [-0.4, -0.2) is 131 Å². The Balaban J connectivity index is 1.15. The molecule has 81 heavy (non-hydrogen) atoms. The summed E-state index contributed by atoms with van der Waals surface area (Å²) in [5.74, 6) is -3.48. The topological polar surface area (TPSA) is 266 Å². The van der Waals surface area contributed by atoms with Gasteiger partial charge in [-0.2, -0.15) is 0 Å². The molecule has 2 saturated heterocycles. The molecule has 0 aliphatic carbocycles. The van der Waals surface area contributed by atoms with Gasteiger partial charge in [0.15, 0.2) is 5.78 Å². The Morgan fingerprint density at radius 1 is 1.00 bits per heavy atom. The van der Waals surface area contributed by atoms with Gasteiger partial charge in [0.25, 0.3) is 11.8 Å². The summed E-state index contributed by atoms with van der Waals surface area (Å²) in [6.07, 6.45) is 6.81. The average Bonchev–Trinajstić information content (AvgIpc) is 4.00. The maximum atomic E-state index is 14.4. The number of aliphatic hydroxyl groups is 1. The Morgan fingerprint density at radius 2 is 1.72 bits per heavy atom. The first kappa shape index (κ1) is 63.9. The first-order valence-corrected chi connectivity index (χ1v) is 28.5. The van der Waals surface area contributed by atoms with Gasteiger partial charge >= 0.3 is 18.1 Å². The van der Waals surface area contributed by atoms with Gasteiger partial charge in [-0.05, 0) is 118 Å². The molecule has 2 fully saturated rings. The Bertz CT molecular complexity index is 2820. The minimum absolute atomic E-state index is 0.0233. The number of primary amides is 1. The quantitative estimate of drug-likeness (QED) is 0.0263. The molecule has 21 heteroatoms. The summed E-state index contributed by atoms with van der Waals surface area (Å²) >= 11 is 12.6. The maximum Gasteiger partial charge on any atom is 0.412 e. The van der Waals surface area contributed by atoms with Crippen LogP contribution >= 0.6 is 23.8 Å². The average molecular weight is 1160 g/mol. The number of carbonyl (C=O) groups is 8. The number of methoxy groups -OCH3 is 1. The smallest absolute Gasteiger partial charge is 0.412 e. The van der Waals surface area contributed by atoms with Crippen LogP contribution in [0.1, 0.15) is 121 Å². The Morgan fingerprint density at radius 3 is 2.38 bits per heavy atom. The van der Waals surface area contributed by atoms with Crippen LogP contribution in [0.25, 0.3) is 0 Å². The Labute approximate surface area is 485 Å². The number of imide groups is 1.